The van der Waals surface area contributed by atoms with E-state index in [2.05, 4.69) is 60.5 Å². The van der Waals surface area contributed by atoms with Crippen molar-refractivity contribution < 1.29 is 9.53 Å². The van der Waals surface area contributed by atoms with Gasteiger partial charge in [0, 0.05) is 24.3 Å². The highest BCUT2D eigenvalue weighted by Gasteiger charge is 2.50. The zero-order valence-electron chi connectivity index (χ0n) is 17.6. The van der Waals surface area contributed by atoms with Crippen LogP contribution in [-0.2, 0) is 23.1 Å². The lowest BCUT2D eigenvalue weighted by atomic mass is 9.62. The maximum Gasteiger partial charge on any atom is 0.338 e. The Morgan fingerprint density at radius 2 is 2.00 bits per heavy atom. The third-order valence-electron chi connectivity index (χ3n) is 7.44. The number of nitrogens with one attached hydrogen (secondary N) is 1. The molecule has 3 heterocycles. The summed E-state index contributed by atoms with van der Waals surface area (Å²) in [5.41, 5.74) is 6.06. The Hall–Kier alpha value is -2.33. The summed E-state index contributed by atoms with van der Waals surface area (Å²) in [6, 6.07) is 15.9. The van der Waals surface area contributed by atoms with E-state index in [0.717, 1.165) is 19.5 Å². The van der Waals surface area contributed by atoms with Crippen LogP contribution in [0.15, 0.2) is 42.5 Å². The van der Waals surface area contributed by atoms with Crippen molar-refractivity contribution in [2.45, 2.75) is 57.7 Å². The number of ether oxygens (including phenoxy) is 1. The van der Waals surface area contributed by atoms with Gasteiger partial charge in [0.15, 0.2) is 0 Å². The van der Waals surface area contributed by atoms with Gasteiger partial charge in [-0.2, -0.15) is 0 Å². The molecule has 2 aromatic rings. The molecule has 0 radical (unpaired) electrons. The second kappa shape index (κ2) is 6.88. The number of hydrogen-bond acceptors (Lipinski definition) is 4. The van der Waals surface area contributed by atoms with Crippen molar-refractivity contribution in [2.75, 3.05) is 18.5 Å². The summed E-state index contributed by atoms with van der Waals surface area (Å²) in [7, 11) is 0. The van der Waals surface area contributed by atoms with Crippen LogP contribution in [0, 0.1) is 5.92 Å². The van der Waals surface area contributed by atoms with E-state index in [1.807, 2.05) is 13.0 Å². The van der Waals surface area contributed by atoms with Crippen molar-refractivity contribution in [3.63, 3.8) is 0 Å². The first kappa shape index (κ1) is 18.7. The summed E-state index contributed by atoms with van der Waals surface area (Å²) in [6.45, 7) is 9.15. The summed E-state index contributed by atoms with van der Waals surface area (Å²) >= 11 is 0. The van der Waals surface area contributed by atoms with E-state index in [4.69, 9.17) is 4.74 Å². The van der Waals surface area contributed by atoms with Gasteiger partial charge in [0.1, 0.15) is 0 Å². The molecule has 152 valence electrons. The third kappa shape index (κ3) is 2.96. The minimum absolute atomic E-state index is 0.0107. The molecule has 4 nitrogen and oxygen atoms in total. The number of carbonyl (C=O) groups is 1. The minimum atomic E-state index is -0.230. The summed E-state index contributed by atoms with van der Waals surface area (Å²) in [5.74, 6) is 0.311. The third-order valence-corrected chi connectivity index (χ3v) is 7.44. The van der Waals surface area contributed by atoms with Crippen LogP contribution < -0.4 is 5.32 Å². The van der Waals surface area contributed by atoms with Gasteiger partial charge in [-0.1, -0.05) is 38.1 Å². The van der Waals surface area contributed by atoms with Gasteiger partial charge in [0.25, 0.3) is 0 Å². The molecule has 0 aromatic heterocycles. The molecule has 29 heavy (non-hydrogen) atoms. The highest BCUT2D eigenvalue weighted by atomic mass is 16.5. The molecule has 0 unspecified atom stereocenters. The first-order chi connectivity index (χ1) is 14.0. The number of fused-ring (bicyclic) bond motifs is 5. The van der Waals surface area contributed by atoms with Gasteiger partial charge in [-0.3, -0.25) is 4.90 Å². The summed E-state index contributed by atoms with van der Waals surface area (Å²) < 4.78 is 5.23. The van der Waals surface area contributed by atoms with Gasteiger partial charge in [-0.05, 0) is 72.5 Å². The largest absolute Gasteiger partial charge is 0.462 e. The normalized spacial score (nSPS) is 26.9. The highest BCUT2D eigenvalue weighted by Crippen LogP contribution is 2.49. The minimum Gasteiger partial charge on any atom is -0.462 e. The SMILES string of the molecule is CCOC(=O)c1ccc2c(c1)C(C)(C)[C@H]1CCN3Cc4ccccc4C[C@H]3[C@@H]1N2. The van der Waals surface area contributed by atoms with E-state index in [1.54, 1.807) is 0 Å². The molecule has 4 heteroatoms. The summed E-state index contributed by atoms with van der Waals surface area (Å²) in [4.78, 5) is 15.0. The molecule has 0 saturated carbocycles. The summed E-state index contributed by atoms with van der Waals surface area (Å²) in [5, 5.41) is 3.89. The monoisotopic (exact) mass is 390 g/mol. The Bertz CT molecular complexity index is 952. The van der Waals surface area contributed by atoms with E-state index >= 15 is 0 Å². The quantitative estimate of drug-likeness (QED) is 0.773. The van der Waals surface area contributed by atoms with Crippen LogP contribution in [0.3, 0.4) is 0 Å². The number of esters is 1. The lowest BCUT2D eigenvalue weighted by Gasteiger charge is -2.56. The first-order valence-electron chi connectivity index (χ1n) is 10.9. The molecule has 1 fully saturated rings. The average molecular weight is 391 g/mol. The molecule has 1 N–H and O–H groups in total. The van der Waals surface area contributed by atoms with E-state index in [-0.39, 0.29) is 11.4 Å². The molecular formula is C25H30N2O2. The maximum atomic E-state index is 12.3. The first-order valence-corrected chi connectivity index (χ1v) is 10.9. The molecule has 3 aliphatic rings. The lowest BCUT2D eigenvalue weighted by Crippen LogP contribution is -2.62. The zero-order chi connectivity index (χ0) is 20.2. The Labute approximate surface area is 173 Å². The number of hydrogen-bond donors (Lipinski definition) is 1. The maximum absolute atomic E-state index is 12.3. The topological polar surface area (TPSA) is 41.6 Å². The molecule has 0 spiro atoms. The van der Waals surface area contributed by atoms with Crippen LogP contribution in [0.1, 0.15) is 54.2 Å². The molecule has 1 saturated heterocycles. The van der Waals surface area contributed by atoms with Crippen LogP contribution in [0.25, 0.3) is 0 Å². The Balaban J connectivity index is 1.50. The Kier molecular flexibility index (Phi) is 4.43. The molecule has 0 amide bonds. The number of anilines is 1. The molecule has 2 aromatic carbocycles. The highest BCUT2D eigenvalue weighted by molar-refractivity contribution is 5.90. The zero-order valence-corrected chi connectivity index (χ0v) is 17.6. The fourth-order valence-electron chi connectivity index (χ4n) is 5.88. The Morgan fingerprint density at radius 3 is 2.79 bits per heavy atom. The fraction of sp³-hybridized carbons (Fsp3) is 0.480. The van der Waals surface area contributed by atoms with Crippen LogP contribution >= 0.6 is 0 Å². The van der Waals surface area contributed by atoms with Crippen molar-refractivity contribution >= 4 is 11.7 Å². The predicted molar refractivity (Wildman–Crippen MR) is 115 cm³/mol. The smallest absolute Gasteiger partial charge is 0.338 e. The van der Waals surface area contributed by atoms with Crippen molar-refractivity contribution in [1.29, 1.82) is 0 Å². The van der Waals surface area contributed by atoms with Crippen molar-refractivity contribution in [1.82, 2.24) is 4.90 Å². The molecule has 0 aliphatic carbocycles. The predicted octanol–water partition coefficient (Wildman–Crippen LogP) is 4.38. The molecular weight excluding hydrogens is 360 g/mol. The van der Waals surface area contributed by atoms with Gasteiger partial charge in [-0.25, -0.2) is 4.79 Å². The standard InChI is InChI=1S/C25H30N2O2/c1-4-29-24(28)17-9-10-21-20(13-17)25(2,3)19-11-12-27-15-18-8-6-5-7-16(18)14-22(27)23(19)26-21/h5-10,13,19,22-23,26H,4,11-12,14-15H2,1-3H3/t19-,22-,23+/m0/s1. The van der Waals surface area contributed by atoms with E-state index in [0.29, 0.717) is 30.2 Å². The number of nitrogens with zero attached hydrogens (tertiary/aromatic N) is 1. The van der Waals surface area contributed by atoms with Crippen molar-refractivity contribution in [3.8, 4) is 0 Å². The van der Waals surface area contributed by atoms with Crippen LogP contribution in [0.4, 0.5) is 5.69 Å². The van der Waals surface area contributed by atoms with Crippen LogP contribution in [-0.4, -0.2) is 36.1 Å². The van der Waals surface area contributed by atoms with E-state index in [1.165, 1.54) is 28.8 Å². The molecule has 3 atom stereocenters. The van der Waals surface area contributed by atoms with Crippen LogP contribution in [0.2, 0.25) is 0 Å². The van der Waals surface area contributed by atoms with Crippen molar-refractivity contribution in [3.05, 3.63) is 64.7 Å². The van der Waals surface area contributed by atoms with E-state index < -0.39 is 0 Å². The molecule has 0 bridgehead atoms. The number of rotatable bonds is 2. The van der Waals surface area contributed by atoms with E-state index in [9.17, 15) is 4.79 Å². The number of piperidine rings is 1. The van der Waals surface area contributed by atoms with Gasteiger partial charge < -0.3 is 10.1 Å². The lowest BCUT2D eigenvalue weighted by molar-refractivity contribution is 0.0488. The van der Waals surface area contributed by atoms with Gasteiger partial charge in [-0.15, -0.1) is 0 Å². The molecule has 5 rings (SSSR count). The molecule has 3 aliphatic heterocycles. The second-order valence-corrected chi connectivity index (χ2v) is 9.28. The number of carbonyl (C=O) groups excluding carboxylic acids is 1. The van der Waals surface area contributed by atoms with Crippen molar-refractivity contribution in [2.24, 2.45) is 5.92 Å². The van der Waals surface area contributed by atoms with Gasteiger partial charge >= 0.3 is 5.97 Å². The summed E-state index contributed by atoms with van der Waals surface area (Å²) in [6.07, 6.45) is 2.28. The number of benzene rings is 2. The van der Waals surface area contributed by atoms with Gasteiger partial charge in [0.2, 0.25) is 0 Å². The average Bonchev–Trinajstić information content (AvgIpc) is 2.72. The van der Waals surface area contributed by atoms with Gasteiger partial charge in [0.05, 0.1) is 12.2 Å². The fourth-order valence-corrected chi connectivity index (χ4v) is 5.88. The Morgan fingerprint density at radius 1 is 1.21 bits per heavy atom. The van der Waals surface area contributed by atoms with Crippen LogP contribution in [0.5, 0.6) is 0 Å². The second-order valence-electron chi connectivity index (χ2n) is 9.28.